The molecule has 4 aromatic rings. The van der Waals surface area contributed by atoms with Crippen molar-refractivity contribution < 1.29 is 31.1 Å². The number of methoxy groups -OCH3 is 2. The largest absolute Gasteiger partial charge is 0.497 e. The lowest BCUT2D eigenvalue weighted by Gasteiger charge is -2.25. The molecule has 1 aromatic heterocycles. The van der Waals surface area contributed by atoms with Gasteiger partial charge < -0.3 is 14.8 Å². The summed E-state index contributed by atoms with van der Waals surface area (Å²) >= 11 is 1.15. The van der Waals surface area contributed by atoms with Gasteiger partial charge in [0.15, 0.2) is 10.7 Å². The van der Waals surface area contributed by atoms with Crippen molar-refractivity contribution >= 4 is 32.9 Å². The highest BCUT2D eigenvalue weighted by Crippen LogP contribution is 2.40. The van der Waals surface area contributed by atoms with E-state index in [2.05, 4.69) is 15.2 Å². The molecule has 3 aromatic carbocycles. The van der Waals surface area contributed by atoms with E-state index in [9.17, 15) is 8.42 Å². The Hall–Kier alpha value is -3.81. The number of nitrogens with zero attached hydrogens (tertiary/aromatic N) is 3. The summed E-state index contributed by atoms with van der Waals surface area (Å²) in [5.74, 6) is -1.89. The van der Waals surface area contributed by atoms with E-state index < -0.39 is 32.4 Å². The number of anilines is 2. The zero-order chi connectivity index (χ0) is 31.7. The Bertz CT molecular complexity index is 1730. The van der Waals surface area contributed by atoms with Crippen molar-refractivity contribution in [2.75, 3.05) is 23.8 Å². The van der Waals surface area contributed by atoms with E-state index in [1.807, 2.05) is 0 Å². The maximum atomic E-state index is 15.6. The molecule has 0 amide bonds. The van der Waals surface area contributed by atoms with Crippen LogP contribution in [-0.2, 0) is 29.7 Å². The third-order valence-electron chi connectivity index (χ3n) is 8.67. The Labute approximate surface area is 264 Å². The first kappa shape index (κ1) is 31.2. The van der Waals surface area contributed by atoms with Crippen LogP contribution in [0.2, 0.25) is 0 Å². The molecule has 2 aliphatic heterocycles. The molecule has 0 spiro atoms. The molecule has 0 saturated carbocycles. The molecule has 0 aliphatic carbocycles. The number of benzene rings is 3. The van der Waals surface area contributed by atoms with Gasteiger partial charge in [0.2, 0.25) is 0 Å². The second kappa shape index (κ2) is 12.9. The van der Waals surface area contributed by atoms with Crippen molar-refractivity contribution in [2.45, 2.75) is 62.3 Å². The number of sulfonamides is 1. The van der Waals surface area contributed by atoms with Crippen LogP contribution in [0.1, 0.15) is 42.4 Å². The molecule has 0 atom stereocenters. The monoisotopic (exact) mass is 658 g/mol. The van der Waals surface area contributed by atoms with Gasteiger partial charge in [-0.1, -0.05) is 12.1 Å². The van der Waals surface area contributed by atoms with Gasteiger partial charge in [0.05, 0.1) is 26.3 Å². The third kappa shape index (κ3) is 6.21. The minimum Gasteiger partial charge on any atom is -0.497 e. The zero-order valence-electron chi connectivity index (χ0n) is 24.8. The Morgan fingerprint density at radius 1 is 0.933 bits per heavy atom. The first-order chi connectivity index (χ1) is 21.7. The Balaban J connectivity index is 1.27. The maximum Gasteiger partial charge on any atom is 0.271 e. The van der Waals surface area contributed by atoms with Crippen LogP contribution in [0.15, 0.2) is 64.3 Å². The predicted molar refractivity (Wildman–Crippen MR) is 167 cm³/mol. The summed E-state index contributed by atoms with van der Waals surface area (Å²) in [6.45, 7) is 0.203. The van der Waals surface area contributed by atoms with Crippen LogP contribution < -0.4 is 19.1 Å². The second-order valence-electron chi connectivity index (χ2n) is 11.2. The van der Waals surface area contributed by atoms with Crippen LogP contribution in [0, 0.1) is 17.5 Å². The number of hydrogen-bond donors (Lipinski definition) is 1. The van der Waals surface area contributed by atoms with Gasteiger partial charge in [0.25, 0.3) is 10.0 Å². The Morgan fingerprint density at radius 3 is 2.18 bits per heavy atom. The number of hydrogen-bond acceptors (Lipinski definition) is 8. The number of fused-ring (bicyclic) bond motifs is 2. The van der Waals surface area contributed by atoms with Crippen LogP contribution in [0.5, 0.6) is 11.5 Å². The molecular formula is C32H33F3N4O4S2. The van der Waals surface area contributed by atoms with Crippen molar-refractivity contribution in [2.24, 2.45) is 0 Å². The Morgan fingerprint density at radius 2 is 1.60 bits per heavy atom. The fourth-order valence-corrected chi connectivity index (χ4v) is 8.49. The minimum absolute atomic E-state index is 0.0317. The highest BCUT2D eigenvalue weighted by molar-refractivity contribution is 7.92. The summed E-state index contributed by atoms with van der Waals surface area (Å²) in [5.41, 5.74) is 2.97. The van der Waals surface area contributed by atoms with Crippen LogP contribution in [0.3, 0.4) is 0 Å². The molecule has 6 rings (SSSR count). The zero-order valence-corrected chi connectivity index (χ0v) is 26.4. The number of ether oxygens (including phenoxy) is 2. The average molecular weight is 659 g/mol. The molecule has 0 unspecified atom stereocenters. The first-order valence-electron chi connectivity index (χ1n) is 14.6. The summed E-state index contributed by atoms with van der Waals surface area (Å²) in [7, 11) is -1.70. The quantitative estimate of drug-likeness (QED) is 0.181. The highest BCUT2D eigenvalue weighted by Gasteiger charge is 2.40. The molecular weight excluding hydrogens is 626 g/mol. The van der Waals surface area contributed by atoms with Crippen molar-refractivity contribution in [1.29, 1.82) is 0 Å². The Kier molecular flexibility index (Phi) is 8.94. The number of aromatic nitrogens is 1. The lowest BCUT2D eigenvalue weighted by molar-refractivity contribution is 0.238. The van der Waals surface area contributed by atoms with Gasteiger partial charge in [0.1, 0.15) is 29.0 Å². The molecule has 2 saturated heterocycles. The second-order valence-corrected chi connectivity index (χ2v) is 13.7. The molecule has 2 bridgehead atoms. The number of rotatable bonds is 12. The van der Waals surface area contributed by atoms with Crippen LogP contribution in [0.25, 0.3) is 0 Å². The summed E-state index contributed by atoms with van der Waals surface area (Å²) in [4.78, 5) is 5.38. The van der Waals surface area contributed by atoms with Crippen LogP contribution in [0.4, 0.5) is 24.7 Å². The maximum absolute atomic E-state index is 15.6. The lowest BCUT2D eigenvalue weighted by atomic mass is 10.0. The topological polar surface area (TPSA) is 84.0 Å². The molecule has 3 heterocycles. The number of thiazole rings is 1. The summed E-state index contributed by atoms with van der Waals surface area (Å²) in [5, 5.41) is 4.39. The van der Waals surface area contributed by atoms with E-state index in [0.717, 1.165) is 53.5 Å². The molecule has 1 N–H and O–H groups in total. The van der Waals surface area contributed by atoms with E-state index in [-0.39, 0.29) is 24.6 Å². The standard InChI is InChI=1S/C32H33F3N4O4S2/c1-42-24-9-3-20(4-10-24)16-39(31-18-44-19-37-31)45(40,41)32-28(34)13-21(14-29(32)35)36-15-25-26(30(43-2)12-11-27(25)33)17-38-22-5-6-23(38)8-7-22/h3-4,9-14,18-19,22-23,36H,5-8,15-17H2,1-2H3. The van der Waals surface area contributed by atoms with E-state index in [0.29, 0.717) is 46.8 Å². The minimum atomic E-state index is -4.74. The fraction of sp³-hybridized carbons (Fsp3) is 0.344. The third-order valence-corrected chi connectivity index (χ3v) is 11.0. The molecule has 2 fully saturated rings. The van der Waals surface area contributed by atoms with Gasteiger partial charge in [-0.3, -0.25) is 4.90 Å². The van der Waals surface area contributed by atoms with Gasteiger partial charge in [-0.2, -0.15) is 0 Å². The van der Waals surface area contributed by atoms with Crippen LogP contribution >= 0.6 is 11.3 Å². The van der Waals surface area contributed by atoms with Crippen molar-refractivity contribution in [3.05, 3.63) is 93.6 Å². The summed E-state index contributed by atoms with van der Waals surface area (Å²) in [6, 6.07) is 12.3. The fourth-order valence-electron chi connectivity index (χ4n) is 6.38. The smallest absolute Gasteiger partial charge is 0.271 e. The van der Waals surface area contributed by atoms with Crippen molar-refractivity contribution in [3.8, 4) is 11.5 Å². The van der Waals surface area contributed by atoms with E-state index >= 15 is 13.2 Å². The summed E-state index contributed by atoms with van der Waals surface area (Å²) in [6.07, 6.45) is 4.46. The number of halogens is 3. The first-order valence-corrected chi connectivity index (χ1v) is 16.9. The van der Waals surface area contributed by atoms with E-state index in [1.54, 1.807) is 30.3 Å². The SMILES string of the molecule is COc1ccc(CN(c2cscn2)S(=O)(=O)c2c(F)cc(NCc3c(F)ccc(OC)c3CN3C4CCC3CC4)cc2F)cc1. The van der Waals surface area contributed by atoms with Gasteiger partial charge in [-0.25, -0.2) is 30.9 Å². The van der Waals surface area contributed by atoms with E-state index in [1.165, 1.54) is 31.2 Å². The van der Waals surface area contributed by atoms with Gasteiger partial charge >= 0.3 is 0 Å². The highest BCUT2D eigenvalue weighted by atomic mass is 32.2. The molecule has 13 heteroatoms. The molecule has 45 heavy (non-hydrogen) atoms. The van der Waals surface area contributed by atoms with Gasteiger partial charge in [0, 0.05) is 47.4 Å². The van der Waals surface area contributed by atoms with E-state index in [4.69, 9.17) is 9.47 Å². The molecule has 2 aliphatic rings. The van der Waals surface area contributed by atoms with Crippen molar-refractivity contribution in [3.63, 3.8) is 0 Å². The summed E-state index contributed by atoms with van der Waals surface area (Å²) < 4.78 is 85.5. The van der Waals surface area contributed by atoms with Gasteiger partial charge in [-0.15, -0.1) is 11.3 Å². The average Bonchev–Trinajstić information content (AvgIpc) is 3.78. The molecule has 238 valence electrons. The normalized spacial score (nSPS) is 17.9. The van der Waals surface area contributed by atoms with Gasteiger partial charge in [-0.05, 0) is 67.6 Å². The molecule has 8 nitrogen and oxygen atoms in total. The van der Waals surface area contributed by atoms with Crippen molar-refractivity contribution in [1.82, 2.24) is 9.88 Å². The predicted octanol–water partition coefficient (Wildman–Crippen LogP) is 6.71. The number of nitrogens with one attached hydrogen (secondary N) is 1. The van der Waals surface area contributed by atoms with Crippen LogP contribution in [-0.4, -0.2) is 44.6 Å². The molecule has 0 radical (unpaired) electrons. The lowest BCUT2D eigenvalue weighted by Crippen LogP contribution is -2.32.